The monoisotopic (exact) mass is 694 g/mol. The highest BCUT2D eigenvalue weighted by Gasteiger charge is 2.44. The number of rotatable bonds is 30. The van der Waals surface area contributed by atoms with Crippen LogP contribution in [0.15, 0.2) is 48.6 Å². The first-order chi connectivity index (χ1) is 23.8. The average Bonchev–Trinajstić information content (AvgIpc) is 3.10. The number of hydrogen-bond acceptors (Lipinski definition) is 8. The number of unbranched alkanes of at least 4 members (excludes halogenated alkanes) is 14. The Balaban J connectivity index is 2.45. The van der Waals surface area contributed by atoms with Crippen LogP contribution in [0.25, 0.3) is 0 Å². The van der Waals surface area contributed by atoms with E-state index >= 15 is 0 Å². The number of nitrogens with one attached hydrogen (secondary N) is 1. The van der Waals surface area contributed by atoms with E-state index in [0.717, 1.165) is 70.6 Å². The first-order valence-corrected chi connectivity index (χ1v) is 19.4. The van der Waals surface area contributed by atoms with Gasteiger partial charge in [0, 0.05) is 6.42 Å². The summed E-state index contributed by atoms with van der Waals surface area (Å²) < 4.78 is 11.1. The van der Waals surface area contributed by atoms with Crippen LogP contribution in [0.1, 0.15) is 142 Å². The molecule has 6 N–H and O–H groups in total. The van der Waals surface area contributed by atoms with Crippen LogP contribution >= 0.6 is 0 Å². The molecule has 7 atom stereocenters. The fraction of sp³-hybridized carbons (Fsp3) is 0.775. The zero-order chi connectivity index (χ0) is 36.0. The van der Waals surface area contributed by atoms with E-state index in [0.29, 0.717) is 6.42 Å². The summed E-state index contributed by atoms with van der Waals surface area (Å²) in [6.45, 7) is 3.58. The van der Waals surface area contributed by atoms with Crippen LogP contribution in [-0.2, 0) is 14.3 Å². The molecule has 0 aromatic carbocycles. The maximum absolute atomic E-state index is 12.8. The number of allylic oxidation sites excluding steroid dienone is 7. The van der Waals surface area contributed by atoms with Crippen molar-refractivity contribution in [3.63, 3.8) is 0 Å². The van der Waals surface area contributed by atoms with Crippen molar-refractivity contribution in [1.29, 1.82) is 0 Å². The Morgan fingerprint density at radius 3 is 1.82 bits per heavy atom. The van der Waals surface area contributed by atoms with Crippen molar-refractivity contribution in [2.75, 3.05) is 13.2 Å². The van der Waals surface area contributed by atoms with Crippen molar-refractivity contribution in [2.24, 2.45) is 0 Å². The maximum atomic E-state index is 12.8. The Bertz CT molecular complexity index is 905. The van der Waals surface area contributed by atoms with Crippen LogP contribution in [0.2, 0.25) is 0 Å². The van der Waals surface area contributed by atoms with Crippen molar-refractivity contribution < 1.29 is 39.8 Å². The zero-order valence-corrected chi connectivity index (χ0v) is 30.7. The summed E-state index contributed by atoms with van der Waals surface area (Å²) in [5.41, 5.74) is 0. The van der Waals surface area contributed by atoms with Crippen LogP contribution in [0.3, 0.4) is 0 Å². The van der Waals surface area contributed by atoms with E-state index in [4.69, 9.17) is 9.47 Å². The minimum Gasteiger partial charge on any atom is -0.394 e. The van der Waals surface area contributed by atoms with Gasteiger partial charge >= 0.3 is 0 Å². The fourth-order valence-electron chi connectivity index (χ4n) is 5.72. The zero-order valence-electron chi connectivity index (χ0n) is 30.7. The van der Waals surface area contributed by atoms with Crippen LogP contribution in [0.5, 0.6) is 0 Å². The van der Waals surface area contributed by atoms with Gasteiger partial charge in [-0.15, -0.1) is 0 Å². The molecule has 1 aliphatic heterocycles. The molecule has 1 rings (SSSR count). The van der Waals surface area contributed by atoms with E-state index < -0.39 is 49.5 Å². The molecule has 1 amide bonds. The molecule has 1 heterocycles. The summed E-state index contributed by atoms with van der Waals surface area (Å²) in [5.74, 6) is -0.205. The molecule has 9 nitrogen and oxygen atoms in total. The minimum absolute atomic E-state index is 0.205. The van der Waals surface area contributed by atoms with Crippen LogP contribution in [-0.4, -0.2) is 87.5 Å². The highest BCUT2D eigenvalue weighted by molar-refractivity contribution is 5.76. The second-order valence-corrected chi connectivity index (χ2v) is 13.3. The predicted octanol–water partition coefficient (Wildman–Crippen LogP) is 6.72. The lowest BCUT2D eigenvalue weighted by Gasteiger charge is -2.40. The number of carbonyl (C=O) groups is 1. The van der Waals surface area contributed by atoms with E-state index in [1.807, 2.05) is 6.08 Å². The molecule has 1 aliphatic rings. The molecule has 0 radical (unpaired) electrons. The van der Waals surface area contributed by atoms with Gasteiger partial charge in [0.05, 0.1) is 25.4 Å². The Morgan fingerprint density at radius 1 is 0.694 bits per heavy atom. The van der Waals surface area contributed by atoms with Gasteiger partial charge in [-0.25, -0.2) is 0 Å². The Morgan fingerprint density at radius 2 is 1.22 bits per heavy atom. The number of aliphatic hydroxyl groups is 5. The van der Waals surface area contributed by atoms with Crippen molar-refractivity contribution in [3.05, 3.63) is 48.6 Å². The first-order valence-electron chi connectivity index (χ1n) is 19.4. The third-order valence-corrected chi connectivity index (χ3v) is 8.87. The normalized spacial score (nSPS) is 23.0. The summed E-state index contributed by atoms with van der Waals surface area (Å²) in [4.78, 5) is 12.8. The lowest BCUT2D eigenvalue weighted by atomic mass is 9.99. The Kier molecular flexibility index (Phi) is 28.5. The van der Waals surface area contributed by atoms with Gasteiger partial charge < -0.3 is 40.3 Å². The fourth-order valence-corrected chi connectivity index (χ4v) is 5.72. The summed E-state index contributed by atoms with van der Waals surface area (Å²) in [6.07, 6.45) is 30.2. The van der Waals surface area contributed by atoms with Crippen LogP contribution in [0, 0.1) is 0 Å². The molecule has 1 fully saturated rings. The third kappa shape index (κ3) is 22.6. The summed E-state index contributed by atoms with van der Waals surface area (Å²) >= 11 is 0. The second kappa shape index (κ2) is 30.9. The van der Waals surface area contributed by atoms with Gasteiger partial charge in [-0.05, 0) is 64.2 Å². The molecule has 9 heteroatoms. The highest BCUT2D eigenvalue weighted by atomic mass is 16.7. The molecule has 0 bridgehead atoms. The summed E-state index contributed by atoms with van der Waals surface area (Å²) in [6, 6.07) is -0.829. The number of amides is 1. The molecule has 1 saturated heterocycles. The van der Waals surface area contributed by atoms with Gasteiger partial charge in [0.2, 0.25) is 5.91 Å². The van der Waals surface area contributed by atoms with Gasteiger partial charge in [0.1, 0.15) is 24.4 Å². The van der Waals surface area contributed by atoms with Crippen molar-refractivity contribution in [3.8, 4) is 0 Å². The molecular formula is C40H71NO8. The molecule has 0 aromatic heterocycles. The molecule has 49 heavy (non-hydrogen) atoms. The number of carbonyl (C=O) groups excluding carboxylic acids is 1. The topological polar surface area (TPSA) is 149 Å². The second-order valence-electron chi connectivity index (χ2n) is 13.3. The average molecular weight is 694 g/mol. The number of hydrogen-bond donors (Lipinski definition) is 6. The molecule has 0 aliphatic carbocycles. The summed E-state index contributed by atoms with van der Waals surface area (Å²) in [5, 5.41) is 53.8. The SMILES string of the molecule is CC/C=C/CC/C=C/CC/C=C/C(O)C(COC1OC(CO)C(O)C(O)C1O)NC(=O)CCCCCCC/C=C\CCCCCCCCC. The molecule has 0 saturated carbocycles. The first kappa shape index (κ1) is 45.2. The third-order valence-electron chi connectivity index (χ3n) is 8.87. The van der Waals surface area contributed by atoms with E-state index in [1.54, 1.807) is 6.08 Å². The van der Waals surface area contributed by atoms with E-state index in [2.05, 4.69) is 55.6 Å². The van der Waals surface area contributed by atoms with Gasteiger partial charge in [-0.1, -0.05) is 120 Å². The van der Waals surface area contributed by atoms with E-state index in [9.17, 15) is 30.3 Å². The molecule has 284 valence electrons. The summed E-state index contributed by atoms with van der Waals surface area (Å²) in [7, 11) is 0. The molecule has 0 spiro atoms. The van der Waals surface area contributed by atoms with Crippen molar-refractivity contribution in [1.82, 2.24) is 5.32 Å². The van der Waals surface area contributed by atoms with Crippen molar-refractivity contribution in [2.45, 2.75) is 185 Å². The maximum Gasteiger partial charge on any atom is 0.220 e. The smallest absolute Gasteiger partial charge is 0.220 e. The van der Waals surface area contributed by atoms with Gasteiger partial charge in [0.25, 0.3) is 0 Å². The van der Waals surface area contributed by atoms with Gasteiger partial charge in [-0.3, -0.25) is 4.79 Å². The minimum atomic E-state index is -1.57. The molecular weight excluding hydrogens is 622 g/mol. The highest BCUT2D eigenvalue weighted by Crippen LogP contribution is 2.22. The molecule has 7 unspecified atom stereocenters. The standard InChI is InChI=1S/C40H71NO8/c1-3-5-7-9-11-13-15-16-17-18-19-20-22-24-26-28-30-36(44)41-33(32-48-40-39(47)38(46)37(45)35(31-42)49-40)34(43)29-27-25-23-21-14-12-10-8-6-4-2/h6,8,14,17-18,21,27,29,33-35,37-40,42-43,45-47H,3-5,7,9-13,15-16,19-20,22-26,28,30-32H2,1-2H3,(H,41,44)/b8-6+,18-17-,21-14+,29-27+. The van der Waals surface area contributed by atoms with Gasteiger partial charge in [-0.2, -0.15) is 0 Å². The van der Waals surface area contributed by atoms with Crippen LogP contribution in [0.4, 0.5) is 0 Å². The lowest BCUT2D eigenvalue weighted by Crippen LogP contribution is -2.60. The Labute approximate surface area is 297 Å². The lowest BCUT2D eigenvalue weighted by molar-refractivity contribution is -0.302. The molecule has 0 aromatic rings. The largest absolute Gasteiger partial charge is 0.394 e. The quantitative estimate of drug-likeness (QED) is 0.0359. The van der Waals surface area contributed by atoms with E-state index in [1.165, 1.54) is 51.4 Å². The van der Waals surface area contributed by atoms with Gasteiger partial charge in [0.15, 0.2) is 6.29 Å². The number of aliphatic hydroxyl groups excluding tert-OH is 5. The van der Waals surface area contributed by atoms with E-state index in [-0.39, 0.29) is 12.5 Å². The van der Waals surface area contributed by atoms with Crippen molar-refractivity contribution >= 4 is 5.91 Å². The Hall–Kier alpha value is -1.85. The predicted molar refractivity (Wildman–Crippen MR) is 198 cm³/mol. The van der Waals surface area contributed by atoms with Crippen LogP contribution < -0.4 is 5.32 Å². The number of ether oxygens (including phenoxy) is 2.